The van der Waals surface area contributed by atoms with Crippen molar-refractivity contribution in [2.45, 2.75) is 19.3 Å². The number of nitrogens with one attached hydrogen (secondary N) is 1. The maximum atomic E-state index is 8.69. The van der Waals surface area contributed by atoms with E-state index >= 15 is 0 Å². The number of anilines is 1. The number of nitrogens with two attached hydrogens (primary N) is 1. The van der Waals surface area contributed by atoms with Gasteiger partial charge in [0.15, 0.2) is 0 Å². The van der Waals surface area contributed by atoms with E-state index < -0.39 is 0 Å². The van der Waals surface area contributed by atoms with Crippen LogP contribution < -0.4 is 10.6 Å². The molecule has 1 rings (SSSR count). The molecule has 0 radical (unpaired) electrons. The van der Waals surface area contributed by atoms with Gasteiger partial charge in [-0.3, -0.25) is 5.41 Å². The zero-order chi connectivity index (χ0) is 12.7. The van der Waals surface area contributed by atoms with Crippen LogP contribution in [0.15, 0.2) is 18.3 Å². The smallest absolute Gasteiger partial charge is 0.139 e. The SMILES string of the molecule is CN(CCCCCO)c1ncccc1C(=N)N. The molecular formula is C12H20N4O. The van der Waals surface area contributed by atoms with Crippen LogP contribution in [0.4, 0.5) is 5.82 Å². The number of unbranched alkanes of at least 4 members (excludes halogenated alkanes) is 2. The Morgan fingerprint density at radius 2 is 2.24 bits per heavy atom. The molecule has 0 aliphatic heterocycles. The van der Waals surface area contributed by atoms with Gasteiger partial charge in [-0.25, -0.2) is 4.98 Å². The summed E-state index contributed by atoms with van der Waals surface area (Å²) in [7, 11) is 1.94. The van der Waals surface area contributed by atoms with E-state index in [1.54, 1.807) is 18.3 Å². The van der Waals surface area contributed by atoms with Gasteiger partial charge in [0.25, 0.3) is 0 Å². The Kier molecular flexibility index (Phi) is 5.42. The Balaban J connectivity index is 2.62. The molecule has 94 valence electrons. The number of nitrogens with zero attached hydrogens (tertiary/aromatic N) is 2. The summed E-state index contributed by atoms with van der Waals surface area (Å²) in [6.45, 7) is 1.09. The van der Waals surface area contributed by atoms with E-state index in [2.05, 4.69) is 4.98 Å². The second-order valence-electron chi connectivity index (χ2n) is 3.99. The topological polar surface area (TPSA) is 86.2 Å². The number of aromatic nitrogens is 1. The molecular weight excluding hydrogens is 216 g/mol. The largest absolute Gasteiger partial charge is 0.396 e. The zero-order valence-corrected chi connectivity index (χ0v) is 10.2. The summed E-state index contributed by atoms with van der Waals surface area (Å²) in [4.78, 5) is 6.25. The maximum absolute atomic E-state index is 8.69. The van der Waals surface area contributed by atoms with Crippen molar-refractivity contribution in [3.63, 3.8) is 0 Å². The van der Waals surface area contributed by atoms with Gasteiger partial charge >= 0.3 is 0 Å². The highest BCUT2D eigenvalue weighted by molar-refractivity contribution is 5.99. The molecule has 4 N–H and O–H groups in total. The molecule has 5 nitrogen and oxygen atoms in total. The van der Waals surface area contributed by atoms with Crippen molar-refractivity contribution >= 4 is 11.7 Å². The van der Waals surface area contributed by atoms with Crippen molar-refractivity contribution in [1.29, 1.82) is 5.41 Å². The molecule has 0 bridgehead atoms. The first-order valence-corrected chi connectivity index (χ1v) is 5.78. The van der Waals surface area contributed by atoms with Crippen molar-refractivity contribution in [2.24, 2.45) is 5.73 Å². The number of pyridine rings is 1. The van der Waals surface area contributed by atoms with E-state index in [1.165, 1.54) is 0 Å². The lowest BCUT2D eigenvalue weighted by Crippen LogP contribution is -2.24. The van der Waals surface area contributed by atoms with Gasteiger partial charge < -0.3 is 15.7 Å². The van der Waals surface area contributed by atoms with Crippen molar-refractivity contribution in [1.82, 2.24) is 4.98 Å². The molecule has 0 fully saturated rings. The van der Waals surface area contributed by atoms with Gasteiger partial charge in [0.05, 0.1) is 5.56 Å². The highest BCUT2D eigenvalue weighted by Crippen LogP contribution is 2.15. The Hall–Kier alpha value is -1.62. The van der Waals surface area contributed by atoms with Crippen LogP contribution in [0, 0.1) is 5.41 Å². The average molecular weight is 236 g/mol. The van der Waals surface area contributed by atoms with Crippen LogP contribution in [0.1, 0.15) is 24.8 Å². The molecule has 1 aromatic rings. The summed E-state index contributed by atoms with van der Waals surface area (Å²) in [6.07, 6.45) is 4.51. The quantitative estimate of drug-likeness (QED) is 0.374. The van der Waals surface area contributed by atoms with Crippen molar-refractivity contribution in [3.05, 3.63) is 23.9 Å². The standard InChI is InChI=1S/C12H20N4O/c1-16(8-3-2-4-9-17)12-10(11(13)14)6-5-7-15-12/h5-7,17H,2-4,8-9H2,1H3,(H3,13,14). The molecule has 0 saturated carbocycles. The van der Waals surface area contributed by atoms with Gasteiger partial charge in [0.1, 0.15) is 11.7 Å². The normalized spacial score (nSPS) is 10.2. The highest BCUT2D eigenvalue weighted by Gasteiger charge is 2.09. The van der Waals surface area contributed by atoms with Crippen LogP contribution in [-0.4, -0.2) is 36.1 Å². The predicted molar refractivity (Wildman–Crippen MR) is 69.5 cm³/mol. The van der Waals surface area contributed by atoms with Crippen LogP contribution in [0.5, 0.6) is 0 Å². The molecule has 0 amide bonds. The molecule has 0 saturated heterocycles. The van der Waals surface area contributed by atoms with Gasteiger partial charge in [-0.2, -0.15) is 0 Å². The molecule has 0 aromatic carbocycles. The summed E-state index contributed by atoms with van der Waals surface area (Å²) >= 11 is 0. The molecule has 1 heterocycles. The van der Waals surface area contributed by atoms with Gasteiger partial charge in [-0.1, -0.05) is 0 Å². The predicted octanol–water partition coefficient (Wildman–Crippen LogP) is 0.964. The first-order chi connectivity index (χ1) is 8.16. The summed E-state index contributed by atoms with van der Waals surface area (Å²) in [5.41, 5.74) is 6.18. The van der Waals surface area contributed by atoms with E-state index in [4.69, 9.17) is 16.2 Å². The third-order valence-corrected chi connectivity index (χ3v) is 2.59. The Morgan fingerprint density at radius 1 is 1.47 bits per heavy atom. The molecule has 0 aliphatic rings. The van der Waals surface area contributed by atoms with Crippen LogP contribution in [0.3, 0.4) is 0 Å². The van der Waals surface area contributed by atoms with E-state index in [-0.39, 0.29) is 12.4 Å². The summed E-state index contributed by atoms with van der Waals surface area (Å²) < 4.78 is 0. The minimum Gasteiger partial charge on any atom is -0.396 e. The van der Waals surface area contributed by atoms with Gasteiger partial charge in [-0.15, -0.1) is 0 Å². The number of rotatable bonds is 7. The number of aliphatic hydroxyl groups excluding tert-OH is 1. The van der Waals surface area contributed by atoms with Crippen molar-refractivity contribution < 1.29 is 5.11 Å². The number of hydrogen-bond donors (Lipinski definition) is 3. The van der Waals surface area contributed by atoms with Crippen LogP contribution in [-0.2, 0) is 0 Å². The minimum absolute atomic E-state index is 0.0373. The van der Waals surface area contributed by atoms with E-state index in [0.29, 0.717) is 5.56 Å². The number of hydrogen-bond acceptors (Lipinski definition) is 4. The Bertz CT molecular complexity index is 367. The molecule has 0 atom stereocenters. The number of aliphatic hydroxyl groups is 1. The maximum Gasteiger partial charge on any atom is 0.139 e. The minimum atomic E-state index is 0.0373. The Labute approximate surface area is 102 Å². The van der Waals surface area contributed by atoms with Crippen LogP contribution in [0.2, 0.25) is 0 Å². The lowest BCUT2D eigenvalue weighted by molar-refractivity contribution is 0.283. The third kappa shape index (κ3) is 4.03. The van der Waals surface area contributed by atoms with Gasteiger partial charge in [0.2, 0.25) is 0 Å². The summed E-state index contributed by atoms with van der Waals surface area (Å²) in [6, 6.07) is 3.58. The van der Waals surface area contributed by atoms with E-state index in [0.717, 1.165) is 31.6 Å². The van der Waals surface area contributed by atoms with Crippen molar-refractivity contribution in [2.75, 3.05) is 25.1 Å². The van der Waals surface area contributed by atoms with Gasteiger partial charge in [0, 0.05) is 26.4 Å². The summed E-state index contributed by atoms with van der Waals surface area (Å²) in [5, 5.41) is 16.2. The molecule has 0 spiro atoms. The molecule has 5 heteroatoms. The van der Waals surface area contributed by atoms with Gasteiger partial charge in [-0.05, 0) is 31.4 Å². The fraction of sp³-hybridized carbons (Fsp3) is 0.500. The van der Waals surface area contributed by atoms with Crippen molar-refractivity contribution in [3.8, 4) is 0 Å². The third-order valence-electron chi connectivity index (χ3n) is 2.59. The second-order valence-corrected chi connectivity index (χ2v) is 3.99. The fourth-order valence-corrected chi connectivity index (χ4v) is 1.65. The second kappa shape index (κ2) is 6.85. The van der Waals surface area contributed by atoms with E-state index in [9.17, 15) is 0 Å². The molecule has 0 aliphatic carbocycles. The average Bonchev–Trinajstić information content (AvgIpc) is 2.34. The highest BCUT2D eigenvalue weighted by atomic mass is 16.2. The Morgan fingerprint density at radius 3 is 2.88 bits per heavy atom. The number of amidine groups is 1. The number of nitrogen functional groups attached to an aromatic ring is 1. The van der Waals surface area contributed by atoms with Crippen LogP contribution in [0.25, 0.3) is 0 Å². The zero-order valence-electron chi connectivity index (χ0n) is 10.2. The fourth-order valence-electron chi connectivity index (χ4n) is 1.65. The lowest BCUT2D eigenvalue weighted by atomic mass is 10.2. The molecule has 0 unspecified atom stereocenters. The first kappa shape index (κ1) is 13.4. The van der Waals surface area contributed by atoms with E-state index in [1.807, 2.05) is 11.9 Å². The molecule has 17 heavy (non-hydrogen) atoms. The summed E-state index contributed by atoms with van der Waals surface area (Å²) in [5.74, 6) is 0.777. The monoisotopic (exact) mass is 236 g/mol. The molecule has 1 aromatic heterocycles. The first-order valence-electron chi connectivity index (χ1n) is 5.78. The van der Waals surface area contributed by atoms with Crippen LogP contribution >= 0.6 is 0 Å². The lowest BCUT2D eigenvalue weighted by Gasteiger charge is -2.20.